The highest BCUT2D eigenvalue weighted by Gasteiger charge is 1.96. The zero-order chi connectivity index (χ0) is 4.24. The predicted molar refractivity (Wildman–Crippen MR) is 42.3 cm³/mol. The highest BCUT2D eigenvalue weighted by atomic mass is 79.9. The topological polar surface area (TPSA) is 0 Å². The Labute approximate surface area is 58.3 Å². The number of halogens is 1. The van der Waals surface area contributed by atoms with E-state index in [1.165, 1.54) is 6.42 Å². The molecule has 0 nitrogen and oxygen atoms in total. The number of hydrogen-bond donors (Lipinski definition) is 0. The summed E-state index contributed by atoms with van der Waals surface area (Å²) in [6.45, 7) is 0. The molecule has 1 aliphatic heterocycles. The van der Waals surface area contributed by atoms with Gasteiger partial charge in [-0.2, -0.15) is 0 Å². The average molecular weight is 181 g/mol. The summed E-state index contributed by atoms with van der Waals surface area (Å²) < 4.78 is 0. The normalized spacial score (nSPS) is 20.6. The van der Waals surface area contributed by atoms with Crippen LogP contribution in [0.4, 0.5) is 0 Å². The Kier molecular flexibility index (Phi) is 5.33. The maximum absolute atomic E-state index is 1.64. The third-order valence-corrected chi connectivity index (χ3v) is 3.50. The monoisotopic (exact) mass is 180 g/mol. The molecule has 7 heavy (non-hydrogen) atoms. The van der Waals surface area contributed by atoms with Gasteiger partial charge in [0.2, 0.25) is 0 Å². The lowest BCUT2D eigenvalue weighted by atomic mass is 10.3. The lowest BCUT2D eigenvalue weighted by Crippen LogP contribution is -1.94. The van der Waals surface area contributed by atoms with Crippen LogP contribution in [0, 0.1) is 0 Å². The minimum atomic E-state index is 0. The van der Waals surface area contributed by atoms with Crippen molar-refractivity contribution in [1.82, 2.24) is 0 Å². The van der Waals surface area contributed by atoms with Gasteiger partial charge in [-0.1, -0.05) is 31.4 Å². The molecular weight excluding hydrogens is 168 g/mol. The predicted octanol–water partition coefficient (Wildman–Crippen LogP) is 1.75. The van der Waals surface area contributed by atoms with Gasteiger partial charge in [-0.3, -0.25) is 0 Å². The first-order chi connectivity index (χ1) is 3.00. The van der Waals surface area contributed by atoms with Gasteiger partial charge in [0.15, 0.2) is 0 Å². The van der Waals surface area contributed by atoms with Gasteiger partial charge in [0, 0.05) is 9.52 Å². The average Bonchev–Trinajstić information content (AvgIpc) is 1.72. The van der Waals surface area contributed by atoms with E-state index in [0.717, 1.165) is 0 Å². The molecule has 0 bridgehead atoms. The van der Waals surface area contributed by atoms with E-state index in [1.807, 2.05) is 0 Å². The summed E-state index contributed by atoms with van der Waals surface area (Å²) in [4.78, 5) is 0. The SMILES string of the molecule is Br.C1CC[SiH2]CC1. The lowest BCUT2D eigenvalue weighted by Gasteiger charge is -2.04. The Balaban J connectivity index is 0.000000360. The smallest absolute Gasteiger partial charge is 0.0197 e. The van der Waals surface area contributed by atoms with E-state index in [2.05, 4.69) is 0 Å². The van der Waals surface area contributed by atoms with Gasteiger partial charge in [0.1, 0.15) is 0 Å². The van der Waals surface area contributed by atoms with Gasteiger partial charge in [-0.05, 0) is 0 Å². The molecule has 1 heterocycles. The molecule has 0 unspecified atom stereocenters. The first kappa shape index (κ1) is 7.70. The van der Waals surface area contributed by atoms with Gasteiger partial charge < -0.3 is 0 Å². The van der Waals surface area contributed by atoms with E-state index in [0.29, 0.717) is 9.52 Å². The molecule has 0 saturated carbocycles. The second kappa shape index (κ2) is 4.85. The first-order valence-corrected chi connectivity index (χ1v) is 5.00. The molecule has 0 amide bonds. The van der Waals surface area contributed by atoms with E-state index in [-0.39, 0.29) is 17.0 Å². The van der Waals surface area contributed by atoms with Crippen LogP contribution in [0.2, 0.25) is 12.1 Å². The van der Waals surface area contributed by atoms with Crippen molar-refractivity contribution in [2.24, 2.45) is 0 Å². The van der Waals surface area contributed by atoms with E-state index in [1.54, 1.807) is 24.9 Å². The fourth-order valence-corrected chi connectivity index (χ4v) is 2.83. The van der Waals surface area contributed by atoms with Crippen molar-refractivity contribution in [3.05, 3.63) is 0 Å². The van der Waals surface area contributed by atoms with Crippen LogP contribution in [0.25, 0.3) is 0 Å². The van der Waals surface area contributed by atoms with Crippen LogP contribution < -0.4 is 0 Å². The second-order valence-electron chi connectivity index (χ2n) is 2.12. The molecule has 1 rings (SSSR count). The quantitative estimate of drug-likeness (QED) is 0.499. The van der Waals surface area contributed by atoms with Crippen LogP contribution in [0.5, 0.6) is 0 Å². The molecular formula is C5H13BrSi. The summed E-state index contributed by atoms with van der Waals surface area (Å²) in [5.41, 5.74) is 0. The van der Waals surface area contributed by atoms with Crippen molar-refractivity contribution in [3.8, 4) is 0 Å². The molecule has 0 aromatic heterocycles. The molecule has 0 aromatic rings. The summed E-state index contributed by atoms with van der Waals surface area (Å²) in [7, 11) is 0.508. The fraction of sp³-hybridized carbons (Fsp3) is 1.00. The molecule has 1 aliphatic rings. The van der Waals surface area contributed by atoms with E-state index in [9.17, 15) is 0 Å². The number of hydrogen-bond acceptors (Lipinski definition) is 0. The Morgan fingerprint density at radius 2 is 1.43 bits per heavy atom. The van der Waals surface area contributed by atoms with E-state index < -0.39 is 0 Å². The molecule has 1 saturated heterocycles. The first-order valence-electron chi connectivity index (χ1n) is 3.00. The zero-order valence-corrected chi connectivity index (χ0v) is 7.78. The van der Waals surface area contributed by atoms with Gasteiger partial charge in [0.25, 0.3) is 0 Å². The van der Waals surface area contributed by atoms with Gasteiger partial charge in [-0.15, -0.1) is 17.0 Å². The van der Waals surface area contributed by atoms with E-state index >= 15 is 0 Å². The third kappa shape index (κ3) is 3.29. The molecule has 1 fully saturated rings. The van der Waals surface area contributed by atoms with Crippen LogP contribution in [-0.4, -0.2) is 9.52 Å². The minimum absolute atomic E-state index is 0. The molecule has 0 spiro atoms. The summed E-state index contributed by atoms with van der Waals surface area (Å²) in [6.07, 6.45) is 4.66. The van der Waals surface area contributed by atoms with Crippen molar-refractivity contribution >= 4 is 26.5 Å². The van der Waals surface area contributed by atoms with Gasteiger partial charge in [-0.25, -0.2) is 0 Å². The Morgan fingerprint density at radius 1 is 0.857 bits per heavy atom. The van der Waals surface area contributed by atoms with Gasteiger partial charge >= 0.3 is 0 Å². The van der Waals surface area contributed by atoms with Crippen LogP contribution in [0.15, 0.2) is 0 Å². The molecule has 44 valence electrons. The molecule has 0 aliphatic carbocycles. The van der Waals surface area contributed by atoms with E-state index in [4.69, 9.17) is 0 Å². The largest absolute Gasteiger partial charge is 0.114 e. The minimum Gasteiger partial charge on any atom is -0.114 e. The van der Waals surface area contributed by atoms with Crippen molar-refractivity contribution in [2.45, 2.75) is 31.4 Å². The second-order valence-corrected chi connectivity index (χ2v) is 4.24. The highest BCUT2D eigenvalue weighted by molar-refractivity contribution is 8.93. The van der Waals surface area contributed by atoms with Crippen molar-refractivity contribution in [1.29, 1.82) is 0 Å². The molecule has 0 aromatic carbocycles. The molecule has 2 heteroatoms. The summed E-state index contributed by atoms with van der Waals surface area (Å²) >= 11 is 0. The lowest BCUT2D eigenvalue weighted by molar-refractivity contribution is 0.734. The number of rotatable bonds is 0. The van der Waals surface area contributed by atoms with Crippen molar-refractivity contribution < 1.29 is 0 Å². The summed E-state index contributed by atoms with van der Waals surface area (Å²) in [6, 6.07) is 3.28. The van der Waals surface area contributed by atoms with Crippen LogP contribution in [0.1, 0.15) is 19.3 Å². The van der Waals surface area contributed by atoms with Crippen LogP contribution in [0.3, 0.4) is 0 Å². The standard InChI is InChI=1S/C5H12Si.BrH/c1-2-4-6-5-3-1;/h1-6H2;1H. The highest BCUT2D eigenvalue weighted by Crippen LogP contribution is 2.10. The summed E-state index contributed by atoms with van der Waals surface area (Å²) in [5, 5.41) is 0. The Hall–Kier alpha value is 0.697. The summed E-state index contributed by atoms with van der Waals surface area (Å²) in [5.74, 6) is 0. The van der Waals surface area contributed by atoms with Crippen LogP contribution >= 0.6 is 17.0 Å². The fourth-order valence-electron chi connectivity index (χ4n) is 1.06. The zero-order valence-electron chi connectivity index (χ0n) is 4.65. The molecule has 0 radical (unpaired) electrons. The maximum Gasteiger partial charge on any atom is 0.0197 e. The molecule has 0 atom stereocenters. The van der Waals surface area contributed by atoms with Gasteiger partial charge in [0.05, 0.1) is 0 Å². The Morgan fingerprint density at radius 3 is 1.57 bits per heavy atom. The van der Waals surface area contributed by atoms with Crippen LogP contribution in [-0.2, 0) is 0 Å². The maximum atomic E-state index is 1.64. The Bertz CT molecular complexity index is 23.6. The molecule has 0 N–H and O–H groups in total. The van der Waals surface area contributed by atoms with Crippen molar-refractivity contribution in [3.63, 3.8) is 0 Å². The van der Waals surface area contributed by atoms with Crippen molar-refractivity contribution in [2.75, 3.05) is 0 Å². The third-order valence-electron chi connectivity index (χ3n) is 1.50.